The van der Waals surface area contributed by atoms with Gasteiger partial charge in [0.05, 0.1) is 6.04 Å². The molecule has 0 saturated heterocycles. The molecule has 0 aliphatic heterocycles. The predicted molar refractivity (Wildman–Crippen MR) is 64.5 cm³/mol. The first-order valence-electron chi connectivity index (χ1n) is 5.34. The highest BCUT2D eigenvalue weighted by molar-refractivity contribution is 5.80. The average molecular weight is 263 g/mol. The summed E-state index contributed by atoms with van der Waals surface area (Å²) in [5, 5.41) is 16.4. The van der Waals surface area contributed by atoms with Crippen LogP contribution in [0.25, 0.3) is 0 Å². The van der Waals surface area contributed by atoms with E-state index in [2.05, 4.69) is 0 Å². The summed E-state index contributed by atoms with van der Waals surface area (Å²) in [7, 11) is 0. The third-order valence-corrected chi connectivity index (χ3v) is 2.04. The number of primary amides is 1. The van der Waals surface area contributed by atoms with E-state index in [9.17, 15) is 14.4 Å². The number of carbonyl (C=O) groups excluding carboxylic acids is 1. The van der Waals surface area contributed by atoms with Crippen LogP contribution in [0.1, 0.15) is 26.7 Å². The van der Waals surface area contributed by atoms with Crippen LogP contribution in [0.2, 0.25) is 0 Å². The average Bonchev–Trinajstić information content (AvgIpc) is 2.24. The fourth-order valence-electron chi connectivity index (χ4n) is 0.706. The minimum absolute atomic E-state index is 0.0208. The molecule has 8 heteroatoms. The van der Waals surface area contributed by atoms with Crippen LogP contribution in [-0.2, 0) is 14.4 Å². The molecule has 0 saturated carbocycles. The summed E-state index contributed by atoms with van der Waals surface area (Å²) in [5.74, 6) is -2.55. The van der Waals surface area contributed by atoms with Gasteiger partial charge in [-0.1, -0.05) is 13.8 Å². The fourth-order valence-corrected chi connectivity index (χ4v) is 0.706. The number of aliphatic carboxylic acids is 2. The lowest BCUT2D eigenvalue weighted by atomic mass is 10.1. The normalized spacial score (nSPS) is 13.2. The minimum atomic E-state index is -0.975. The number of rotatable bonds is 6. The van der Waals surface area contributed by atoms with Crippen molar-refractivity contribution in [3.8, 4) is 0 Å². The molecule has 0 aromatic carbocycles. The molecule has 0 unspecified atom stereocenters. The van der Waals surface area contributed by atoms with Crippen molar-refractivity contribution >= 4 is 17.8 Å². The number of carbonyl (C=O) groups is 3. The Morgan fingerprint density at radius 1 is 1.11 bits per heavy atom. The second-order valence-electron chi connectivity index (χ2n) is 4.05. The van der Waals surface area contributed by atoms with Crippen LogP contribution in [0.3, 0.4) is 0 Å². The largest absolute Gasteiger partial charge is 0.481 e. The van der Waals surface area contributed by atoms with Crippen molar-refractivity contribution in [1.29, 1.82) is 0 Å². The number of hydrogen-bond donors (Lipinski definition) is 5. The quantitative estimate of drug-likeness (QED) is 0.397. The SMILES string of the molecule is CC(C)[C@H](N)C(=O)O.NC(=O)[C@H](N)CCC(=O)O. The van der Waals surface area contributed by atoms with Gasteiger partial charge in [-0.15, -0.1) is 0 Å². The zero-order chi connectivity index (χ0) is 14.9. The first-order chi connectivity index (χ1) is 8.09. The Labute approximate surface area is 105 Å². The highest BCUT2D eigenvalue weighted by Crippen LogP contribution is 1.96. The van der Waals surface area contributed by atoms with E-state index in [1.807, 2.05) is 0 Å². The van der Waals surface area contributed by atoms with E-state index in [1.165, 1.54) is 0 Å². The van der Waals surface area contributed by atoms with E-state index in [-0.39, 0.29) is 18.8 Å². The van der Waals surface area contributed by atoms with Gasteiger partial charge in [0.2, 0.25) is 5.91 Å². The molecule has 0 aromatic rings. The minimum Gasteiger partial charge on any atom is -0.481 e. The lowest BCUT2D eigenvalue weighted by Crippen LogP contribution is -2.36. The van der Waals surface area contributed by atoms with Crippen molar-refractivity contribution in [2.24, 2.45) is 23.1 Å². The lowest BCUT2D eigenvalue weighted by molar-refractivity contribution is -0.140. The maximum atomic E-state index is 10.2. The molecule has 0 spiro atoms. The molecule has 0 rings (SSSR count). The Hall–Kier alpha value is -1.67. The number of nitrogens with two attached hydrogens (primary N) is 3. The first-order valence-corrected chi connectivity index (χ1v) is 5.34. The van der Waals surface area contributed by atoms with Crippen molar-refractivity contribution < 1.29 is 24.6 Å². The molecule has 0 bridgehead atoms. The monoisotopic (exact) mass is 263 g/mol. The molecule has 0 heterocycles. The molecule has 8 N–H and O–H groups in total. The van der Waals surface area contributed by atoms with Gasteiger partial charge in [0.15, 0.2) is 0 Å². The van der Waals surface area contributed by atoms with E-state index in [0.29, 0.717) is 0 Å². The third kappa shape index (κ3) is 10.8. The summed E-state index contributed by atoms with van der Waals surface area (Å²) in [6.45, 7) is 3.55. The Kier molecular flexibility index (Phi) is 9.73. The standard InChI is InChI=1S/C5H10N2O3.C5H11NO2/c6-3(5(7)10)1-2-4(8)9;1-3(2)4(6)5(7)8/h3H,1-2,6H2,(H2,7,10)(H,8,9);3-4H,6H2,1-2H3,(H,7,8)/t3-;4-/m10/s1. The van der Waals surface area contributed by atoms with E-state index in [1.54, 1.807) is 13.8 Å². The molecular weight excluding hydrogens is 242 g/mol. The molecular formula is C10H21N3O5. The van der Waals surface area contributed by atoms with Crippen molar-refractivity contribution in [2.45, 2.75) is 38.8 Å². The second kappa shape index (κ2) is 9.37. The van der Waals surface area contributed by atoms with Gasteiger partial charge in [-0.25, -0.2) is 0 Å². The maximum absolute atomic E-state index is 10.2. The Morgan fingerprint density at radius 3 is 1.72 bits per heavy atom. The van der Waals surface area contributed by atoms with Gasteiger partial charge < -0.3 is 27.4 Å². The molecule has 2 atom stereocenters. The molecule has 106 valence electrons. The number of hydrogen-bond acceptors (Lipinski definition) is 5. The summed E-state index contributed by atoms with van der Waals surface area (Å²) in [4.78, 5) is 30.2. The predicted octanol–water partition coefficient (Wildman–Crippen LogP) is -1.28. The Morgan fingerprint density at radius 2 is 1.56 bits per heavy atom. The van der Waals surface area contributed by atoms with Crippen LogP contribution in [-0.4, -0.2) is 40.1 Å². The highest BCUT2D eigenvalue weighted by atomic mass is 16.4. The third-order valence-electron chi connectivity index (χ3n) is 2.04. The number of amides is 1. The molecule has 0 aliphatic carbocycles. The fraction of sp³-hybridized carbons (Fsp3) is 0.700. The second-order valence-corrected chi connectivity index (χ2v) is 4.05. The Bertz CT molecular complexity index is 293. The summed E-state index contributed by atoms with van der Waals surface area (Å²) in [5.41, 5.74) is 15.1. The van der Waals surface area contributed by atoms with Crippen LogP contribution in [0.4, 0.5) is 0 Å². The van der Waals surface area contributed by atoms with Gasteiger partial charge in [-0.2, -0.15) is 0 Å². The Balaban J connectivity index is 0. The zero-order valence-corrected chi connectivity index (χ0v) is 10.5. The van der Waals surface area contributed by atoms with Crippen LogP contribution >= 0.6 is 0 Å². The van der Waals surface area contributed by atoms with Gasteiger partial charge in [-0.05, 0) is 12.3 Å². The highest BCUT2D eigenvalue weighted by Gasteiger charge is 2.14. The van der Waals surface area contributed by atoms with Crippen molar-refractivity contribution in [2.75, 3.05) is 0 Å². The van der Waals surface area contributed by atoms with Crippen LogP contribution < -0.4 is 17.2 Å². The van der Waals surface area contributed by atoms with Crippen LogP contribution in [0.15, 0.2) is 0 Å². The number of carboxylic acids is 2. The van der Waals surface area contributed by atoms with Crippen LogP contribution in [0, 0.1) is 5.92 Å². The van der Waals surface area contributed by atoms with E-state index >= 15 is 0 Å². The van der Waals surface area contributed by atoms with E-state index < -0.39 is 29.9 Å². The van der Waals surface area contributed by atoms with Crippen LogP contribution in [0.5, 0.6) is 0 Å². The molecule has 18 heavy (non-hydrogen) atoms. The van der Waals surface area contributed by atoms with Crippen molar-refractivity contribution in [3.63, 3.8) is 0 Å². The summed E-state index contributed by atoms with van der Waals surface area (Å²) in [6.07, 6.45) is -0.0191. The summed E-state index contributed by atoms with van der Waals surface area (Å²) < 4.78 is 0. The molecule has 8 nitrogen and oxygen atoms in total. The molecule has 0 radical (unpaired) electrons. The van der Waals surface area contributed by atoms with Gasteiger partial charge in [0.25, 0.3) is 0 Å². The van der Waals surface area contributed by atoms with Gasteiger partial charge >= 0.3 is 11.9 Å². The van der Waals surface area contributed by atoms with Crippen molar-refractivity contribution in [3.05, 3.63) is 0 Å². The molecule has 0 fully saturated rings. The summed E-state index contributed by atoms with van der Waals surface area (Å²) >= 11 is 0. The topological polar surface area (TPSA) is 170 Å². The summed E-state index contributed by atoms with van der Waals surface area (Å²) in [6, 6.07) is -1.55. The van der Waals surface area contributed by atoms with Gasteiger partial charge in [0.1, 0.15) is 6.04 Å². The molecule has 0 aromatic heterocycles. The zero-order valence-electron chi connectivity index (χ0n) is 10.5. The smallest absolute Gasteiger partial charge is 0.320 e. The molecule has 0 aliphatic rings. The van der Waals surface area contributed by atoms with E-state index in [4.69, 9.17) is 27.4 Å². The van der Waals surface area contributed by atoms with E-state index in [0.717, 1.165) is 0 Å². The maximum Gasteiger partial charge on any atom is 0.320 e. The van der Waals surface area contributed by atoms with Gasteiger partial charge in [0, 0.05) is 6.42 Å². The van der Waals surface area contributed by atoms with Gasteiger partial charge in [-0.3, -0.25) is 14.4 Å². The first kappa shape index (κ1) is 18.7. The number of carboxylic acid groups (broad SMARTS) is 2. The lowest BCUT2D eigenvalue weighted by Gasteiger charge is -2.07. The van der Waals surface area contributed by atoms with Crippen molar-refractivity contribution in [1.82, 2.24) is 0 Å². The molecule has 1 amide bonds.